The molecule has 1 aliphatic heterocycles. The molecule has 1 saturated heterocycles. The van der Waals surface area contributed by atoms with Gasteiger partial charge < -0.3 is 14.2 Å². The second-order valence-corrected chi connectivity index (χ2v) is 12.1. The number of fused-ring (bicyclic) bond motifs is 1. The van der Waals surface area contributed by atoms with E-state index in [0.717, 1.165) is 49.5 Å². The Hall–Kier alpha value is -2.16. The number of aromatic nitrogens is 1. The van der Waals surface area contributed by atoms with Crippen LogP contribution < -0.4 is 4.90 Å². The number of halogens is 1. The third kappa shape index (κ3) is 8.20. The van der Waals surface area contributed by atoms with Gasteiger partial charge in [-0.1, -0.05) is 23.5 Å². The van der Waals surface area contributed by atoms with E-state index in [9.17, 15) is 13.2 Å². The Balaban J connectivity index is 0.00000441. The predicted molar refractivity (Wildman–Crippen MR) is 159 cm³/mol. The molecule has 13 heteroatoms. The predicted octanol–water partition coefficient (Wildman–Crippen LogP) is 3.37. The molecule has 2 aromatic carbocycles. The molecule has 10 nitrogen and oxygen atoms in total. The van der Waals surface area contributed by atoms with Crippen molar-refractivity contribution in [3.05, 3.63) is 54.1 Å². The summed E-state index contributed by atoms with van der Waals surface area (Å²) in [6.07, 6.45) is 0.780. The molecule has 1 aromatic heterocycles. The molecule has 40 heavy (non-hydrogen) atoms. The SMILES string of the molecule is COCCN(CCOC)S(=O)(=O)c1ccc(C(=O)N(CCCN2CCOCC2)c2nc3ccccc3s2)cc1.Cl. The summed E-state index contributed by atoms with van der Waals surface area (Å²) < 4.78 is 44.5. The highest BCUT2D eigenvalue weighted by Gasteiger charge is 2.26. The van der Waals surface area contributed by atoms with Crippen molar-refractivity contribution in [3.63, 3.8) is 0 Å². The van der Waals surface area contributed by atoms with Crippen molar-refractivity contribution >= 4 is 55.0 Å². The van der Waals surface area contributed by atoms with E-state index in [1.165, 1.54) is 42.0 Å². The molecule has 3 aromatic rings. The van der Waals surface area contributed by atoms with Crippen LogP contribution in [0.15, 0.2) is 53.4 Å². The summed E-state index contributed by atoms with van der Waals surface area (Å²) in [6, 6.07) is 13.9. The topological polar surface area (TPSA) is 102 Å². The van der Waals surface area contributed by atoms with Gasteiger partial charge in [0, 0.05) is 59.1 Å². The Bertz CT molecular complexity index is 1280. The van der Waals surface area contributed by atoms with Gasteiger partial charge in [0.15, 0.2) is 5.13 Å². The fourth-order valence-corrected chi connectivity index (χ4v) is 6.75. The van der Waals surface area contributed by atoms with E-state index in [2.05, 4.69) is 4.90 Å². The van der Waals surface area contributed by atoms with Crippen molar-refractivity contribution in [2.24, 2.45) is 0 Å². The quantitative estimate of drug-likeness (QED) is 0.273. The number of rotatable bonds is 14. The standard InChI is InChI=1S/C27H36N4O6S2.ClH/c1-35-18-16-30(17-19-36-2)39(33,34)23-10-8-22(9-11-23)26(32)31(13-5-12-29-14-20-37-21-15-29)27-28-24-6-3-4-7-25(24)38-27;/h3-4,6-11H,5,12-21H2,1-2H3;1H. The largest absolute Gasteiger partial charge is 0.383 e. The minimum atomic E-state index is -3.78. The highest BCUT2D eigenvalue weighted by atomic mass is 35.5. The van der Waals surface area contributed by atoms with Crippen LogP contribution >= 0.6 is 23.7 Å². The van der Waals surface area contributed by atoms with E-state index in [4.69, 9.17) is 19.2 Å². The number of nitrogens with zero attached hydrogens (tertiary/aromatic N) is 4. The molecule has 220 valence electrons. The lowest BCUT2D eigenvalue weighted by atomic mass is 10.2. The summed E-state index contributed by atoms with van der Waals surface area (Å²) in [7, 11) is -0.727. The van der Waals surface area contributed by atoms with Gasteiger partial charge in [0.2, 0.25) is 10.0 Å². The van der Waals surface area contributed by atoms with Crippen LogP contribution in [-0.2, 0) is 24.2 Å². The fourth-order valence-electron chi connectivity index (χ4n) is 4.35. The average molecular weight is 613 g/mol. The maximum absolute atomic E-state index is 13.7. The zero-order valence-corrected chi connectivity index (χ0v) is 25.3. The van der Waals surface area contributed by atoms with Crippen molar-refractivity contribution in [2.75, 3.05) is 84.8 Å². The molecule has 0 saturated carbocycles. The van der Waals surface area contributed by atoms with Gasteiger partial charge in [-0.25, -0.2) is 13.4 Å². The number of morpholine rings is 1. The van der Waals surface area contributed by atoms with E-state index in [1.54, 1.807) is 17.0 Å². The number of benzene rings is 2. The van der Waals surface area contributed by atoms with Gasteiger partial charge in [-0.15, -0.1) is 12.4 Å². The molecular formula is C27H37ClN4O6S2. The van der Waals surface area contributed by atoms with Crippen molar-refractivity contribution in [1.29, 1.82) is 0 Å². The van der Waals surface area contributed by atoms with Gasteiger partial charge >= 0.3 is 0 Å². The highest BCUT2D eigenvalue weighted by Crippen LogP contribution is 2.30. The monoisotopic (exact) mass is 612 g/mol. The van der Waals surface area contributed by atoms with Crippen molar-refractivity contribution in [2.45, 2.75) is 11.3 Å². The van der Waals surface area contributed by atoms with Crippen LogP contribution in [0.1, 0.15) is 16.8 Å². The summed E-state index contributed by atoms with van der Waals surface area (Å²) in [5, 5.41) is 0.630. The van der Waals surface area contributed by atoms with Gasteiger partial charge in [-0.05, 0) is 42.8 Å². The zero-order chi connectivity index (χ0) is 27.7. The summed E-state index contributed by atoms with van der Waals surface area (Å²) in [4.78, 5) is 22.6. The number of sulfonamides is 1. The van der Waals surface area contributed by atoms with Crippen LogP contribution in [0.4, 0.5) is 5.13 Å². The number of methoxy groups -OCH3 is 2. The van der Waals surface area contributed by atoms with Crippen LogP contribution in [0.3, 0.4) is 0 Å². The molecule has 0 spiro atoms. The number of ether oxygens (including phenoxy) is 3. The van der Waals surface area contributed by atoms with Gasteiger partial charge in [-0.3, -0.25) is 14.6 Å². The zero-order valence-electron chi connectivity index (χ0n) is 22.9. The smallest absolute Gasteiger partial charge is 0.260 e. The minimum Gasteiger partial charge on any atom is -0.383 e. The van der Waals surface area contributed by atoms with Gasteiger partial charge in [-0.2, -0.15) is 4.31 Å². The Morgan fingerprint density at radius 1 is 1.00 bits per heavy atom. The molecular weight excluding hydrogens is 576 g/mol. The third-order valence-corrected chi connectivity index (χ3v) is 9.52. The Kier molecular flexibility index (Phi) is 12.7. The van der Waals surface area contributed by atoms with E-state index >= 15 is 0 Å². The Labute approximate surface area is 246 Å². The molecule has 2 heterocycles. The summed E-state index contributed by atoms with van der Waals surface area (Å²) >= 11 is 1.48. The number of hydrogen-bond donors (Lipinski definition) is 0. The lowest BCUT2D eigenvalue weighted by molar-refractivity contribution is 0.0376. The van der Waals surface area contributed by atoms with Crippen molar-refractivity contribution in [3.8, 4) is 0 Å². The first-order valence-electron chi connectivity index (χ1n) is 13.0. The third-order valence-electron chi connectivity index (χ3n) is 6.55. The lowest BCUT2D eigenvalue weighted by Crippen LogP contribution is -2.39. The number of amides is 1. The van der Waals surface area contributed by atoms with E-state index in [-0.39, 0.29) is 49.5 Å². The number of para-hydroxylation sites is 1. The van der Waals surface area contributed by atoms with E-state index in [0.29, 0.717) is 17.2 Å². The summed E-state index contributed by atoms with van der Waals surface area (Å²) in [5.74, 6) is -0.212. The molecule has 1 fully saturated rings. The second-order valence-electron chi connectivity index (χ2n) is 9.14. The molecule has 0 N–H and O–H groups in total. The van der Waals surface area contributed by atoms with Crippen molar-refractivity contribution in [1.82, 2.24) is 14.2 Å². The molecule has 0 aliphatic carbocycles. The number of anilines is 1. The van der Waals surface area contributed by atoms with Crippen LogP contribution in [0.5, 0.6) is 0 Å². The van der Waals surface area contributed by atoms with Crippen molar-refractivity contribution < 1.29 is 27.4 Å². The van der Waals surface area contributed by atoms with Gasteiger partial charge in [0.1, 0.15) is 0 Å². The fraction of sp³-hybridized carbons (Fsp3) is 0.481. The summed E-state index contributed by atoms with van der Waals surface area (Å²) in [6.45, 7) is 5.52. The lowest BCUT2D eigenvalue weighted by Gasteiger charge is -2.27. The van der Waals surface area contributed by atoms with E-state index < -0.39 is 10.0 Å². The van der Waals surface area contributed by atoms with Crippen LogP contribution in [0.2, 0.25) is 0 Å². The maximum Gasteiger partial charge on any atom is 0.260 e. The number of carbonyl (C=O) groups is 1. The van der Waals surface area contributed by atoms with Gasteiger partial charge in [0.25, 0.3) is 5.91 Å². The van der Waals surface area contributed by atoms with Gasteiger partial charge in [0.05, 0.1) is 41.5 Å². The normalized spacial score (nSPS) is 14.4. The molecule has 0 radical (unpaired) electrons. The maximum atomic E-state index is 13.7. The first-order chi connectivity index (χ1) is 18.9. The molecule has 0 unspecified atom stereocenters. The molecule has 0 atom stereocenters. The van der Waals surface area contributed by atoms with Crippen LogP contribution in [-0.4, -0.2) is 108 Å². The number of carbonyl (C=O) groups excluding carboxylic acids is 1. The molecule has 0 bridgehead atoms. The highest BCUT2D eigenvalue weighted by molar-refractivity contribution is 7.89. The van der Waals surface area contributed by atoms with Crippen LogP contribution in [0, 0.1) is 0 Å². The van der Waals surface area contributed by atoms with Crippen LogP contribution in [0.25, 0.3) is 10.2 Å². The molecule has 1 aliphatic rings. The second kappa shape index (κ2) is 15.7. The Morgan fingerprint density at radius 3 is 2.27 bits per heavy atom. The summed E-state index contributed by atoms with van der Waals surface area (Å²) in [5.41, 5.74) is 1.25. The first kappa shape index (κ1) is 32.4. The molecule has 1 amide bonds. The molecule has 4 rings (SSSR count). The first-order valence-corrected chi connectivity index (χ1v) is 15.3. The average Bonchev–Trinajstić information content (AvgIpc) is 3.39. The minimum absolute atomic E-state index is 0. The Morgan fingerprint density at radius 2 is 1.65 bits per heavy atom. The number of thiazole rings is 1. The number of hydrogen-bond acceptors (Lipinski definition) is 9. The van der Waals surface area contributed by atoms with E-state index in [1.807, 2.05) is 24.3 Å².